The van der Waals surface area contributed by atoms with Crippen molar-refractivity contribution in [2.24, 2.45) is 0 Å². The summed E-state index contributed by atoms with van der Waals surface area (Å²) in [6.45, 7) is 1.14. The van der Waals surface area contributed by atoms with Crippen LogP contribution in [0.1, 0.15) is 50.0 Å². The van der Waals surface area contributed by atoms with E-state index in [0.29, 0.717) is 18.5 Å². The van der Waals surface area contributed by atoms with Crippen LogP contribution >= 0.6 is 0 Å². The molecule has 3 rings (SSSR count). The quantitative estimate of drug-likeness (QED) is 0.618. The highest BCUT2D eigenvalue weighted by Gasteiger charge is 2.28. The van der Waals surface area contributed by atoms with Gasteiger partial charge in [-0.15, -0.1) is 0 Å². The van der Waals surface area contributed by atoms with Crippen LogP contribution in [-0.4, -0.2) is 43.7 Å². The molecule has 1 aromatic rings. The molecule has 1 aliphatic heterocycles. The van der Waals surface area contributed by atoms with Crippen molar-refractivity contribution in [3.05, 3.63) is 35.4 Å². The number of amides is 3. The van der Waals surface area contributed by atoms with Crippen LogP contribution in [0.25, 0.3) is 0 Å². The van der Waals surface area contributed by atoms with Crippen molar-refractivity contribution in [2.75, 3.05) is 19.6 Å². The standard InChI is InChI=1S/C20H28F2N4O2/c21-16-7-6-13(10-17(16)22)15-8-9-23-11-18(15)26-19(27)12-24-20(28)25-14-4-2-1-3-5-14/h6-7,10,14-15,18,23H,1-5,8-9,11-12H2,(H,26,27)(H2,24,25,28). The number of piperidine rings is 1. The molecule has 6 nitrogen and oxygen atoms in total. The van der Waals surface area contributed by atoms with E-state index in [1.54, 1.807) is 6.07 Å². The van der Waals surface area contributed by atoms with E-state index in [9.17, 15) is 18.4 Å². The molecule has 1 heterocycles. The van der Waals surface area contributed by atoms with Gasteiger partial charge in [-0.25, -0.2) is 13.6 Å². The maximum atomic E-state index is 13.6. The molecule has 2 fully saturated rings. The highest BCUT2D eigenvalue weighted by atomic mass is 19.2. The number of rotatable bonds is 5. The third-order valence-corrected chi connectivity index (χ3v) is 5.55. The number of hydrogen-bond donors (Lipinski definition) is 4. The largest absolute Gasteiger partial charge is 0.350 e. The van der Waals surface area contributed by atoms with E-state index in [2.05, 4.69) is 21.3 Å². The first-order valence-electron chi connectivity index (χ1n) is 10.0. The Balaban J connectivity index is 1.49. The van der Waals surface area contributed by atoms with Crippen LogP contribution in [0, 0.1) is 11.6 Å². The lowest BCUT2D eigenvalue weighted by Crippen LogP contribution is -2.53. The molecule has 2 atom stereocenters. The fourth-order valence-corrected chi connectivity index (χ4v) is 4.05. The summed E-state index contributed by atoms with van der Waals surface area (Å²) < 4.78 is 26.8. The lowest BCUT2D eigenvalue weighted by molar-refractivity contribution is -0.121. The van der Waals surface area contributed by atoms with E-state index >= 15 is 0 Å². The maximum absolute atomic E-state index is 13.6. The van der Waals surface area contributed by atoms with E-state index in [0.717, 1.165) is 38.3 Å². The van der Waals surface area contributed by atoms with Crippen molar-refractivity contribution in [1.29, 1.82) is 0 Å². The molecule has 154 valence electrons. The zero-order chi connectivity index (χ0) is 19.9. The average molecular weight is 394 g/mol. The van der Waals surface area contributed by atoms with Gasteiger partial charge in [-0.2, -0.15) is 0 Å². The summed E-state index contributed by atoms with van der Waals surface area (Å²) >= 11 is 0. The minimum atomic E-state index is -0.887. The first kappa shape index (κ1) is 20.5. The highest BCUT2D eigenvalue weighted by molar-refractivity contribution is 5.84. The molecule has 4 N–H and O–H groups in total. The molecule has 3 amide bonds. The van der Waals surface area contributed by atoms with E-state index < -0.39 is 11.6 Å². The van der Waals surface area contributed by atoms with Crippen molar-refractivity contribution < 1.29 is 18.4 Å². The molecule has 1 saturated carbocycles. The normalized spacial score (nSPS) is 23.1. The summed E-state index contributed by atoms with van der Waals surface area (Å²) in [4.78, 5) is 24.3. The molecule has 0 aromatic heterocycles. The predicted octanol–water partition coefficient (Wildman–Crippen LogP) is 2.16. The van der Waals surface area contributed by atoms with Gasteiger partial charge >= 0.3 is 6.03 Å². The number of benzene rings is 1. The molecule has 0 radical (unpaired) electrons. The second kappa shape index (κ2) is 9.82. The smallest absolute Gasteiger partial charge is 0.315 e. The van der Waals surface area contributed by atoms with Gasteiger partial charge in [0.25, 0.3) is 0 Å². The van der Waals surface area contributed by atoms with Crippen LogP contribution in [0.4, 0.5) is 13.6 Å². The Hall–Kier alpha value is -2.22. The van der Waals surface area contributed by atoms with Gasteiger partial charge in [-0.05, 0) is 43.5 Å². The maximum Gasteiger partial charge on any atom is 0.315 e. The fourth-order valence-electron chi connectivity index (χ4n) is 4.05. The minimum Gasteiger partial charge on any atom is -0.350 e. The molecule has 1 aliphatic carbocycles. The number of urea groups is 1. The molecular formula is C20H28F2N4O2. The van der Waals surface area contributed by atoms with Crippen LogP contribution in [0.15, 0.2) is 18.2 Å². The van der Waals surface area contributed by atoms with Crippen LogP contribution in [0.2, 0.25) is 0 Å². The molecule has 0 bridgehead atoms. The Morgan fingerprint density at radius 3 is 2.57 bits per heavy atom. The van der Waals surface area contributed by atoms with Gasteiger partial charge in [0.1, 0.15) is 0 Å². The number of carbonyl (C=O) groups excluding carboxylic acids is 2. The number of carbonyl (C=O) groups is 2. The van der Waals surface area contributed by atoms with Crippen molar-refractivity contribution in [2.45, 2.75) is 56.5 Å². The average Bonchev–Trinajstić information content (AvgIpc) is 2.70. The third kappa shape index (κ3) is 5.64. The molecule has 28 heavy (non-hydrogen) atoms. The van der Waals surface area contributed by atoms with Crippen LogP contribution in [-0.2, 0) is 4.79 Å². The lowest BCUT2D eigenvalue weighted by atomic mass is 9.86. The molecule has 2 unspecified atom stereocenters. The van der Waals surface area contributed by atoms with Crippen molar-refractivity contribution in [3.8, 4) is 0 Å². The molecule has 1 aromatic carbocycles. The first-order valence-corrected chi connectivity index (χ1v) is 10.0. The number of nitrogens with one attached hydrogen (secondary N) is 4. The predicted molar refractivity (Wildman–Crippen MR) is 102 cm³/mol. The van der Waals surface area contributed by atoms with Crippen LogP contribution in [0.5, 0.6) is 0 Å². The molecule has 0 spiro atoms. The Labute approximate surface area is 163 Å². The van der Waals surface area contributed by atoms with E-state index in [1.807, 2.05) is 0 Å². The van der Waals surface area contributed by atoms with E-state index in [4.69, 9.17) is 0 Å². The van der Waals surface area contributed by atoms with Gasteiger partial charge in [-0.1, -0.05) is 25.3 Å². The minimum absolute atomic E-state index is 0.114. The summed E-state index contributed by atoms with van der Waals surface area (Å²) in [6.07, 6.45) is 6.09. The first-order chi connectivity index (χ1) is 13.5. The summed E-state index contributed by atoms with van der Waals surface area (Å²) in [5, 5.41) is 11.6. The SMILES string of the molecule is O=C(CNC(=O)NC1CCCCC1)NC1CNCCC1c1ccc(F)c(F)c1. The van der Waals surface area contributed by atoms with Crippen molar-refractivity contribution in [3.63, 3.8) is 0 Å². The molecular weight excluding hydrogens is 366 g/mol. The Bertz CT molecular complexity index is 695. The number of halogens is 2. The number of hydrogen-bond acceptors (Lipinski definition) is 3. The summed E-state index contributed by atoms with van der Waals surface area (Å²) in [5.41, 5.74) is 0.661. The van der Waals surface area contributed by atoms with Gasteiger partial charge in [-0.3, -0.25) is 4.79 Å². The molecule has 8 heteroatoms. The van der Waals surface area contributed by atoms with Gasteiger partial charge in [0.2, 0.25) is 5.91 Å². The van der Waals surface area contributed by atoms with E-state index in [1.165, 1.54) is 12.5 Å². The van der Waals surface area contributed by atoms with Gasteiger partial charge in [0.05, 0.1) is 6.54 Å². The lowest BCUT2D eigenvalue weighted by Gasteiger charge is -2.33. The Morgan fingerprint density at radius 1 is 1.04 bits per heavy atom. The van der Waals surface area contributed by atoms with Gasteiger partial charge in [0.15, 0.2) is 11.6 Å². The van der Waals surface area contributed by atoms with E-state index in [-0.39, 0.29) is 36.5 Å². The van der Waals surface area contributed by atoms with Gasteiger partial charge < -0.3 is 21.3 Å². The zero-order valence-corrected chi connectivity index (χ0v) is 15.9. The summed E-state index contributed by atoms with van der Waals surface area (Å²) in [5.74, 6) is -2.19. The second-order valence-corrected chi connectivity index (χ2v) is 7.61. The fraction of sp³-hybridized carbons (Fsp3) is 0.600. The summed E-state index contributed by atoms with van der Waals surface area (Å²) in [7, 11) is 0. The third-order valence-electron chi connectivity index (χ3n) is 5.55. The van der Waals surface area contributed by atoms with Crippen molar-refractivity contribution in [1.82, 2.24) is 21.3 Å². The molecule has 1 saturated heterocycles. The topological polar surface area (TPSA) is 82.3 Å². The Morgan fingerprint density at radius 2 is 1.82 bits per heavy atom. The van der Waals surface area contributed by atoms with Crippen LogP contribution < -0.4 is 21.3 Å². The highest BCUT2D eigenvalue weighted by Crippen LogP contribution is 2.27. The molecule has 2 aliphatic rings. The monoisotopic (exact) mass is 394 g/mol. The second-order valence-electron chi connectivity index (χ2n) is 7.61. The Kier molecular flexibility index (Phi) is 7.19. The zero-order valence-electron chi connectivity index (χ0n) is 15.9. The van der Waals surface area contributed by atoms with Crippen molar-refractivity contribution >= 4 is 11.9 Å². The van der Waals surface area contributed by atoms with Gasteiger partial charge in [0, 0.05) is 24.5 Å². The summed E-state index contributed by atoms with van der Waals surface area (Å²) in [6, 6.07) is 3.46. The van der Waals surface area contributed by atoms with Crippen LogP contribution in [0.3, 0.4) is 0 Å².